The van der Waals surface area contributed by atoms with Crippen molar-refractivity contribution in [2.45, 2.75) is 0 Å². The normalized spacial score (nSPS) is 10.0. The van der Waals surface area contributed by atoms with E-state index in [9.17, 15) is 29.4 Å². The molecule has 2 aromatic carbocycles. The summed E-state index contributed by atoms with van der Waals surface area (Å²) in [6, 6.07) is 7.72. The Labute approximate surface area is 122 Å². The van der Waals surface area contributed by atoms with Gasteiger partial charge in [0.2, 0.25) is 5.82 Å². The van der Waals surface area contributed by atoms with Crippen molar-refractivity contribution in [2.75, 3.05) is 5.32 Å². The van der Waals surface area contributed by atoms with Crippen molar-refractivity contribution < 1.29 is 19.0 Å². The van der Waals surface area contributed by atoms with Gasteiger partial charge in [-0.2, -0.15) is 4.39 Å². The van der Waals surface area contributed by atoms with Crippen LogP contribution in [0, 0.1) is 26.0 Å². The van der Waals surface area contributed by atoms with Gasteiger partial charge in [-0.15, -0.1) is 0 Å². The largest absolute Gasteiger partial charge is 0.322 e. The monoisotopic (exact) mass is 305 g/mol. The zero-order valence-electron chi connectivity index (χ0n) is 10.9. The molecule has 0 heterocycles. The molecule has 0 saturated heterocycles. The van der Waals surface area contributed by atoms with E-state index >= 15 is 0 Å². The van der Waals surface area contributed by atoms with E-state index in [0.29, 0.717) is 0 Å². The summed E-state index contributed by atoms with van der Waals surface area (Å²) < 4.78 is 13.2. The Balaban J connectivity index is 2.20. The molecular weight excluding hydrogens is 297 g/mol. The van der Waals surface area contributed by atoms with Crippen LogP contribution < -0.4 is 5.32 Å². The molecule has 9 heteroatoms. The van der Waals surface area contributed by atoms with Crippen molar-refractivity contribution in [3.05, 3.63) is 74.1 Å². The second-order valence-corrected chi connectivity index (χ2v) is 4.18. The zero-order chi connectivity index (χ0) is 16.3. The molecule has 112 valence electrons. The molecule has 0 unspecified atom stereocenters. The van der Waals surface area contributed by atoms with Crippen LogP contribution in [0.3, 0.4) is 0 Å². The number of benzene rings is 2. The van der Waals surface area contributed by atoms with Crippen molar-refractivity contribution in [3.63, 3.8) is 0 Å². The average Bonchev–Trinajstić information content (AvgIpc) is 2.49. The quantitative estimate of drug-likeness (QED) is 0.688. The van der Waals surface area contributed by atoms with E-state index in [1.54, 1.807) is 0 Å². The molecule has 0 atom stereocenters. The van der Waals surface area contributed by atoms with Crippen molar-refractivity contribution in [3.8, 4) is 0 Å². The van der Waals surface area contributed by atoms with Gasteiger partial charge in [0.05, 0.1) is 9.85 Å². The summed E-state index contributed by atoms with van der Waals surface area (Å²) in [5, 5.41) is 23.5. The average molecular weight is 305 g/mol. The molecule has 2 rings (SSSR count). The number of nitro groups is 2. The Bertz CT molecular complexity index is 761. The van der Waals surface area contributed by atoms with Gasteiger partial charge in [0, 0.05) is 29.4 Å². The van der Waals surface area contributed by atoms with Gasteiger partial charge in [0.25, 0.3) is 11.6 Å². The standard InChI is InChI=1S/C13H8FN3O5/c14-11-6-3-9(7-12(11)17(21)22)15-13(18)8-1-4-10(5-2-8)16(19)20/h1-7H,(H,15,18). The van der Waals surface area contributed by atoms with Gasteiger partial charge in [-0.25, -0.2) is 0 Å². The van der Waals surface area contributed by atoms with Crippen LogP contribution in [-0.2, 0) is 0 Å². The van der Waals surface area contributed by atoms with Gasteiger partial charge >= 0.3 is 5.69 Å². The second kappa shape index (κ2) is 5.95. The number of amides is 1. The van der Waals surface area contributed by atoms with Gasteiger partial charge < -0.3 is 5.32 Å². The summed E-state index contributed by atoms with van der Waals surface area (Å²) in [6.07, 6.45) is 0. The van der Waals surface area contributed by atoms with Gasteiger partial charge in [-0.1, -0.05) is 0 Å². The highest BCUT2D eigenvalue weighted by atomic mass is 19.1. The predicted molar refractivity (Wildman–Crippen MR) is 74.1 cm³/mol. The minimum absolute atomic E-state index is 0.0384. The Morgan fingerprint density at radius 3 is 2.18 bits per heavy atom. The summed E-state index contributed by atoms with van der Waals surface area (Å²) >= 11 is 0. The first-order chi connectivity index (χ1) is 10.4. The van der Waals surface area contributed by atoms with Crippen LogP contribution >= 0.6 is 0 Å². The number of nitrogens with one attached hydrogen (secondary N) is 1. The number of carbonyl (C=O) groups excluding carboxylic acids is 1. The second-order valence-electron chi connectivity index (χ2n) is 4.18. The van der Waals surface area contributed by atoms with Crippen LogP contribution in [0.5, 0.6) is 0 Å². The lowest BCUT2D eigenvalue weighted by atomic mass is 10.2. The molecule has 0 aromatic heterocycles. The SMILES string of the molecule is O=C(Nc1ccc(F)c([N+](=O)[O-])c1)c1ccc([N+](=O)[O-])cc1. The summed E-state index contributed by atoms with van der Waals surface area (Å²) in [7, 11) is 0. The topological polar surface area (TPSA) is 115 Å². The molecule has 0 spiro atoms. The van der Waals surface area contributed by atoms with E-state index in [2.05, 4.69) is 5.32 Å². The van der Waals surface area contributed by atoms with Gasteiger partial charge in [-0.3, -0.25) is 25.0 Å². The molecule has 0 aliphatic rings. The van der Waals surface area contributed by atoms with Gasteiger partial charge in [-0.05, 0) is 24.3 Å². The maximum Gasteiger partial charge on any atom is 0.306 e. The number of hydrogen-bond donors (Lipinski definition) is 1. The Hall–Kier alpha value is -3.36. The van der Waals surface area contributed by atoms with Crippen molar-refractivity contribution >= 4 is 23.0 Å². The minimum Gasteiger partial charge on any atom is -0.322 e. The highest BCUT2D eigenvalue weighted by Crippen LogP contribution is 2.22. The number of nitro benzene ring substituents is 2. The smallest absolute Gasteiger partial charge is 0.306 e. The molecule has 0 saturated carbocycles. The van der Waals surface area contributed by atoms with Crippen LogP contribution in [0.2, 0.25) is 0 Å². The first-order valence-electron chi connectivity index (χ1n) is 5.88. The lowest BCUT2D eigenvalue weighted by molar-refractivity contribution is -0.387. The molecule has 0 aliphatic heterocycles. The zero-order valence-corrected chi connectivity index (χ0v) is 10.9. The number of carbonyl (C=O) groups is 1. The highest BCUT2D eigenvalue weighted by molar-refractivity contribution is 6.04. The van der Waals surface area contributed by atoms with E-state index in [1.165, 1.54) is 18.2 Å². The van der Waals surface area contributed by atoms with Crippen molar-refractivity contribution in [1.82, 2.24) is 0 Å². The third kappa shape index (κ3) is 3.20. The molecule has 0 fully saturated rings. The number of non-ortho nitro benzene ring substituents is 1. The van der Waals surface area contributed by atoms with Crippen LogP contribution in [0.25, 0.3) is 0 Å². The Morgan fingerprint density at radius 1 is 1.00 bits per heavy atom. The number of anilines is 1. The van der Waals surface area contributed by atoms with Crippen molar-refractivity contribution in [1.29, 1.82) is 0 Å². The number of hydrogen-bond acceptors (Lipinski definition) is 5. The highest BCUT2D eigenvalue weighted by Gasteiger charge is 2.16. The summed E-state index contributed by atoms with van der Waals surface area (Å²) in [5.74, 6) is -1.64. The van der Waals surface area contributed by atoms with Crippen molar-refractivity contribution in [2.24, 2.45) is 0 Å². The van der Waals surface area contributed by atoms with Crippen LogP contribution in [-0.4, -0.2) is 15.8 Å². The lowest BCUT2D eigenvalue weighted by Gasteiger charge is -2.05. The molecule has 0 bridgehead atoms. The lowest BCUT2D eigenvalue weighted by Crippen LogP contribution is -2.12. The van der Waals surface area contributed by atoms with E-state index in [0.717, 1.165) is 24.3 Å². The Kier molecular flexibility index (Phi) is 4.07. The van der Waals surface area contributed by atoms with Crippen LogP contribution in [0.1, 0.15) is 10.4 Å². The van der Waals surface area contributed by atoms with Crippen LogP contribution in [0.4, 0.5) is 21.5 Å². The minimum atomic E-state index is -1.02. The molecule has 1 amide bonds. The predicted octanol–water partition coefficient (Wildman–Crippen LogP) is 2.89. The fraction of sp³-hybridized carbons (Fsp3) is 0. The summed E-state index contributed by atoms with van der Waals surface area (Å²) in [5.41, 5.74) is -0.774. The number of rotatable bonds is 4. The van der Waals surface area contributed by atoms with E-state index < -0.39 is 27.3 Å². The third-order valence-electron chi connectivity index (χ3n) is 2.74. The molecular formula is C13H8FN3O5. The molecule has 2 aromatic rings. The maximum atomic E-state index is 13.2. The fourth-order valence-electron chi connectivity index (χ4n) is 1.67. The maximum absolute atomic E-state index is 13.2. The van der Waals surface area contributed by atoms with Crippen LogP contribution in [0.15, 0.2) is 42.5 Å². The van der Waals surface area contributed by atoms with Gasteiger partial charge in [0.1, 0.15) is 0 Å². The van der Waals surface area contributed by atoms with E-state index in [1.807, 2.05) is 0 Å². The molecule has 1 N–H and O–H groups in total. The Morgan fingerprint density at radius 2 is 1.64 bits per heavy atom. The molecule has 0 aliphatic carbocycles. The molecule has 8 nitrogen and oxygen atoms in total. The van der Waals surface area contributed by atoms with E-state index in [4.69, 9.17) is 0 Å². The third-order valence-corrected chi connectivity index (χ3v) is 2.74. The first kappa shape index (κ1) is 15.0. The fourth-order valence-corrected chi connectivity index (χ4v) is 1.67. The summed E-state index contributed by atoms with van der Waals surface area (Å²) in [6.45, 7) is 0. The molecule has 0 radical (unpaired) electrons. The van der Waals surface area contributed by atoms with Gasteiger partial charge in [0.15, 0.2) is 0 Å². The van der Waals surface area contributed by atoms with E-state index in [-0.39, 0.29) is 16.9 Å². The number of nitrogens with zero attached hydrogens (tertiary/aromatic N) is 2. The first-order valence-corrected chi connectivity index (χ1v) is 5.88. The molecule has 22 heavy (non-hydrogen) atoms. The summed E-state index contributed by atoms with van der Waals surface area (Å²) in [4.78, 5) is 31.5. The number of halogens is 1.